The first-order valence-electron chi connectivity index (χ1n) is 5.47. The second kappa shape index (κ2) is 4.19. The molecule has 1 atom stereocenters. The van der Waals surface area contributed by atoms with Crippen LogP contribution in [0.2, 0.25) is 0 Å². The molecule has 2 N–H and O–H groups in total. The van der Waals surface area contributed by atoms with Gasteiger partial charge in [-0.1, -0.05) is 25.3 Å². The number of nitrogens with two attached hydrogens (primary N) is 1. The molecule has 1 unspecified atom stereocenters. The first kappa shape index (κ1) is 12.2. The number of rotatable bonds is 2. The second-order valence-corrected chi connectivity index (χ2v) is 5.90. The number of nitrogens with zero attached hydrogens (tertiary/aromatic N) is 4. The highest BCUT2D eigenvalue weighted by molar-refractivity contribution is 7.05. The van der Waals surface area contributed by atoms with Crippen LogP contribution in [0.15, 0.2) is 12.4 Å². The Kier molecular flexibility index (Phi) is 3.01. The summed E-state index contributed by atoms with van der Waals surface area (Å²) in [5.41, 5.74) is 7.16. The lowest BCUT2D eigenvalue weighted by Gasteiger charge is -2.19. The molecular formula is C11H17N5S. The van der Waals surface area contributed by atoms with E-state index in [1.54, 1.807) is 6.20 Å². The Hall–Kier alpha value is -1.27. The summed E-state index contributed by atoms with van der Waals surface area (Å²) in [5.74, 6) is 0.835. The van der Waals surface area contributed by atoms with Crippen molar-refractivity contribution < 1.29 is 0 Å². The number of hydrogen-bond acceptors (Lipinski definition) is 5. The van der Waals surface area contributed by atoms with E-state index in [2.05, 4.69) is 35.3 Å². The van der Waals surface area contributed by atoms with Crippen LogP contribution in [0.5, 0.6) is 0 Å². The zero-order valence-corrected chi connectivity index (χ0v) is 11.3. The first-order valence-corrected chi connectivity index (χ1v) is 6.24. The summed E-state index contributed by atoms with van der Waals surface area (Å²) in [7, 11) is 1.94. The minimum absolute atomic E-state index is 0.0505. The second-order valence-electron chi connectivity index (χ2n) is 5.11. The summed E-state index contributed by atoms with van der Waals surface area (Å²) in [6.07, 6.45) is 3.64. The fourth-order valence-electron chi connectivity index (χ4n) is 1.72. The average Bonchev–Trinajstić information content (AvgIpc) is 2.82. The summed E-state index contributed by atoms with van der Waals surface area (Å²) in [6.45, 7) is 6.33. The highest BCUT2D eigenvalue weighted by Gasteiger charge is 2.27. The van der Waals surface area contributed by atoms with Gasteiger partial charge in [-0.3, -0.25) is 0 Å². The molecule has 0 spiro atoms. The largest absolute Gasteiger partial charge is 0.336 e. The summed E-state index contributed by atoms with van der Waals surface area (Å²) >= 11 is 1.35. The molecule has 92 valence electrons. The third-order valence-corrected chi connectivity index (χ3v) is 3.45. The van der Waals surface area contributed by atoms with Gasteiger partial charge >= 0.3 is 0 Å². The van der Waals surface area contributed by atoms with Crippen molar-refractivity contribution in [1.29, 1.82) is 0 Å². The molecule has 0 aliphatic carbocycles. The molecule has 0 saturated heterocycles. The van der Waals surface area contributed by atoms with Gasteiger partial charge < -0.3 is 10.3 Å². The smallest absolute Gasteiger partial charge is 0.130 e. The Morgan fingerprint density at radius 1 is 1.41 bits per heavy atom. The molecule has 0 aliphatic rings. The molecular weight excluding hydrogens is 234 g/mol. The molecule has 17 heavy (non-hydrogen) atoms. The summed E-state index contributed by atoms with van der Waals surface area (Å²) < 4.78 is 5.95. The molecule has 6 heteroatoms. The molecule has 0 aliphatic heterocycles. The lowest BCUT2D eigenvalue weighted by atomic mass is 9.90. The van der Waals surface area contributed by atoms with E-state index in [1.165, 1.54) is 11.5 Å². The molecule has 0 bridgehead atoms. The van der Waals surface area contributed by atoms with Gasteiger partial charge in [0.2, 0.25) is 0 Å². The van der Waals surface area contributed by atoms with Gasteiger partial charge in [-0.15, -0.1) is 5.10 Å². The molecule has 2 aromatic heterocycles. The van der Waals surface area contributed by atoms with E-state index in [0.717, 1.165) is 16.4 Å². The summed E-state index contributed by atoms with van der Waals surface area (Å²) in [6, 6.07) is -0.260. The van der Waals surface area contributed by atoms with E-state index in [9.17, 15) is 0 Å². The molecule has 2 rings (SSSR count). The summed E-state index contributed by atoms with van der Waals surface area (Å²) in [4.78, 5) is 5.28. The van der Waals surface area contributed by atoms with E-state index >= 15 is 0 Å². The van der Waals surface area contributed by atoms with Crippen molar-refractivity contribution in [2.24, 2.45) is 12.8 Å². The fraction of sp³-hybridized carbons (Fsp3) is 0.545. The Balaban J connectivity index is 2.42. The van der Waals surface area contributed by atoms with Crippen LogP contribution in [0.4, 0.5) is 0 Å². The van der Waals surface area contributed by atoms with Gasteiger partial charge in [-0.25, -0.2) is 4.98 Å². The maximum Gasteiger partial charge on any atom is 0.130 e. The number of imidazole rings is 1. The number of hydrogen-bond donors (Lipinski definition) is 1. The Morgan fingerprint density at radius 3 is 2.65 bits per heavy atom. The van der Waals surface area contributed by atoms with Crippen LogP contribution in [0.3, 0.4) is 0 Å². The molecule has 0 radical (unpaired) electrons. The average molecular weight is 251 g/mol. The van der Waals surface area contributed by atoms with E-state index in [0.29, 0.717) is 0 Å². The van der Waals surface area contributed by atoms with Crippen LogP contribution in [0.1, 0.15) is 43.2 Å². The van der Waals surface area contributed by atoms with Gasteiger partial charge in [-0.2, -0.15) is 0 Å². The summed E-state index contributed by atoms with van der Waals surface area (Å²) in [5, 5.41) is 4.20. The topological polar surface area (TPSA) is 69.6 Å². The van der Waals surface area contributed by atoms with Crippen molar-refractivity contribution in [3.63, 3.8) is 0 Å². The van der Waals surface area contributed by atoms with Crippen LogP contribution in [-0.4, -0.2) is 19.1 Å². The van der Waals surface area contributed by atoms with Crippen molar-refractivity contribution in [2.45, 2.75) is 32.2 Å². The maximum absolute atomic E-state index is 6.25. The van der Waals surface area contributed by atoms with E-state index in [1.807, 2.05) is 17.8 Å². The van der Waals surface area contributed by atoms with Gasteiger partial charge in [-0.05, 0) is 11.5 Å². The number of aryl methyl sites for hydroxylation is 1. The predicted octanol–water partition coefficient (Wildman–Crippen LogP) is 1.62. The number of aromatic nitrogens is 4. The lowest BCUT2D eigenvalue weighted by molar-refractivity contribution is 0.553. The monoisotopic (exact) mass is 251 g/mol. The Bertz CT molecular complexity index is 508. The zero-order valence-electron chi connectivity index (χ0n) is 10.5. The van der Waals surface area contributed by atoms with Crippen LogP contribution in [-0.2, 0) is 12.5 Å². The van der Waals surface area contributed by atoms with E-state index < -0.39 is 0 Å². The predicted molar refractivity (Wildman–Crippen MR) is 67.8 cm³/mol. The highest BCUT2D eigenvalue weighted by Crippen LogP contribution is 2.31. The van der Waals surface area contributed by atoms with Gasteiger partial charge in [0.25, 0.3) is 0 Å². The zero-order chi connectivity index (χ0) is 12.6. The SMILES string of the molecule is Cn1ccnc1C(N)c1snnc1C(C)(C)C. The van der Waals surface area contributed by atoms with Crippen molar-refractivity contribution >= 4 is 11.5 Å². The van der Waals surface area contributed by atoms with Gasteiger partial charge in [0.15, 0.2) is 0 Å². The Labute approximate surface area is 105 Å². The molecule has 2 aromatic rings. The van der Waals surface area contributed by atoms with E-state index in [-0.39, 0.29) is 11.5 Å². The lowest BCUT2D eigenvalue weighted by Crippen LogP contribution is -2.21. The van der Waals surface area contributed by atoms with Gasteiger partial charge in [0, 0.05) is 24.9 Å². The van der Waals surface area contributed by atoms with Crippen LogP contribution in [0.25, 0.3) is 0 Å². The quantitative estimate of drug-likeness (QED) is 0.880. The fourth-order valence-corrected chi connectivity index (χ4v) is 2.58. The molecule has 0 amide bonds. The van der Waals surface area contributed by atoms with E-state index in [4.69, 9.17) is 5.73 Å². The van der Waals surface area contributed by atoms with Crippen molar-refractivity contribution in [2.75, 3.05) is 0 Å². The molecule has 0 saturated carbocycles. The minimum Gasteiger partial charge on any atom is -0.336 e. The molecule has 5 nitrogen and oxygen atoms in total. The minimum atomic E-state index is -0.260. The van der Waals surface area contributed by atoms with Crippen LogP contribution < -0.4 is 5.73 Å². The van der Waals surface area contributed by atoms with Crippen molar-refractivity contribution in [3.8, 4) is 0 Å². The van der Waals surface area contributed by atoms with Crippen molar-refractivity contribution in [3.05, 3.63) is 28.8 Å². The van der Waals surface area contributed by atoms with Gasteiger partial charge in [0.1, 0.15) is 11.9 Å². The van der Waals surface area contributed by atoms with Crippen molar-refractivity contribution in [1.82, 2.24) is 19.1 Å². The third-order valence-electron chi connectivity index (χ3n) is 2.64. The van der Waals surface area contributed by atoms with Crippen LogP contribution in [0, 0.1) is 0 Å². The standard InChI is InChI=1S/C11H17N5S/c1-11(2,3)9-8(17-15-14-9)7(12)10-13-5-6-16(10)4/h5-7H,12H2,1-4H3. The van der Waals surface area contributed by atoms with Gasteiger partial charge in [0.05, 0.1) is 10.6 Å². The molecule has 0 fully saturated rings. The third kappa shape index (κ3) is 2.23. The first-order chi connectivity index (χ1) is 7.91. The highest BCUT2D eigenvalue weighted by atomic mass is 32.1. The maximum atomic E-state index is 6.25. The van der Waals surface area contributed by atoms with Crippen LogP contribution >= 0.6 is 11.5 Å². The normalized spacial score (nSPS) is 13.9. The Morgan fingerprint density at radius 2 is 2.12 bits per heavy atom. The molecule has 2 heterocycles. The molecule has 0 aromatic carbocycles.